The molecule has 3 rings (SSSR count). The molecule has 6 nitrogen and oxygen atoms in total. The number of carbonyl (C=O) groups excluding carboxylic acids is 1. The number of anilines is 1. The minimum absolute atomic E-state index is 0.303. The third-order valence-electron chi connectivity index (χ3n) is 4.94. The third-order valence-corrected chi connectivity index (χ3v) is 7.18. The lowest BCUT2D eigenvalue weighted by molar-refractivity contribution is 0.251. The van der Waals surface area contributed by atoms with Crippen molar-refractivity contribution in [2.24, 2.45) is 5.92 Å². The summed E-state index contributed by atoms with van der Waals surface area (Å²) in [7, 11) is -3.32. The molecule has 1 fully saturated rings. The Balaban J connectivity index is 1.59. The molecule has 1 aliphatic rings. The van der Waals surface area contributed by atoms with Crippen LogP contribution in [0.1, 0.15) is 38.2 Å². The highest BCUT2D eigenvalue weighted by Crippen LogP contribution is 2.32. The van der Waals surface area contributed by atoms with E-state index >= 15 is 0 Å². The van der Waals surface area contributed by atoms with E-state index in [1.807, 2.05) is 6.07 Å². The van der Waals surface area contributed by atoms with Gasteiger partial charge in [-0.25, -0.2) is 13.2 Å². The van der Waals surface area contributed by atoms with Crippen LogP contribution >= 0.6 is 0 Å². The molecule has 1 heterocycles. The van der Waals surface area contributed by atoms with Crippen molar-refractivity contribution in [1.82, 2.24) is 10.3 Å². The van der Waals surface area contributed by atoms with Crippen LogP contribution in [0.4, 0.5) is 10.5 Å². The van der Waals surface area contributed by atoms with Gasteiger partial charge in [0, 0.05) is 24.6 Å². The van der Waals surface area contributed by atoms with Gasteiger partial charge in [-0.1, -0.05) is 25.8 Å². The molecule has 1 aliphatic carbocycles. The quantitative estimate of drug-likeness (QED) is 0.818. The normalized spacial score (nSPS) is 20.0. The molecule has 0 spiro atoms. The van der Waals surface area contributed by atoms with Crippen molar-refractivity contribution >= 4 is 21.6 Å². The maximum absolute atomic E-state index is 12.8. The number of amides is 2. The van der Waals surface area contributed by atoms with Gasteiger partial charge in [0.1, 0.15) is 0 Å². The number of benzene rings is 1. The van der Waals surface area contributed by atoms with E-state index in [1.54, 1.807) is 42.7 Å². The van der Waals surface area contributed by atoms with Gasteiger partial charge in [0.25, 0.3) is 0 Å². The molecule has 144 valence electrons. The van der Waals surface area contributed by atoms with Gasteiger partial charge in [0.15, 0.2) is 9.84 Å². The lowest BCUT2D eigenvalue weighted by Crippen LogP contribution is -2.28. The van der Waals surface area contributed by atoms with Gasteiger partial charge < -0.3 is 10.6 Å². The number of pyridine rings is 1. The van der Waals surface area contributed by atoms with E-state index in [-0.39, 0.29) is 11.3 Å². The summed E-state index contributed by atoms with van der Waals surface area (Å²) in [4.78, 5) is 16.3. The zero-order valence-corrected chi connectivity index (χ0v) is 16.2. The molecule has 1 saturated carbocycles. The summed E-state index contributed by atoms with van der Waals surface area (Å²) in [6, 6.07) is 9.73. The van der Waals surface area contributed by atoms with E-state index in [1.165, 1.54) is 0 Å². The summed E-state index contributed by atoms with van der Waals surface area (Å²) in [5.74, 6) is 0.447. The summed E-state index contributed by atoms with van der Waals surface area (Å²) in [5.41, 5.74) is 1.45. The number of nitrogens with one attached hydrogen (secondary N) is 2. The number of hydrogen-bond acceptors (Lipinski definition) is 4. The molecule has 0 aliphatic heterocycles. The van der Waals surface area contributed by atoms with E-state index in [9.17, 15) is 13.2 Å². The average molecular weight is 388 g/mol. The first-order chi connectivity index (χ1) is 12.9. The standard InChI is InChI=1S/C20H25N3O3S/c1-15-4-2-6-19(12-15)27(25,26)18-9-7-17(8-10-18)23-20(24)22-14-16-5-3-11-21-13-16/h3,5,7-11,13,15,19H,2,4,6,12,14H2,1H3,(H2,22,23,24)/t15-,19?/m0/s1. The number of aromatic nitrogens is 1. The number of urea groups is 1. The van der Waals surface area contributed by atoms with Crippen LogP contribution in [0.15, 0.2) is 53.7 Å². The van der Waals surface area contributed by atoms with Crippen molar-refractivity contribution in [1.29, 1.82) is 0 Å². The van der Waals surface area contributed by atoms with E-state index in [0.717, 1.165) is 31.2 Å². The molecule has 2 aromatic rings. The largest absolute Gasteiger partial charge is 0.334 e. The highest BCUT2D eigenvalue weighted by Gasteiger charge is 2.31. The number of carbonyl (C=O) groups is 1. The van der Waals surface area contributed by atoms with E-state index < -0.39 is 9.84 Å². The van der Waals surface area contributed by atoms with Gasteiger partial charge in [-0.05, 0) is 54.7 Å². The second kappa shape index (κ2) is 8.52. The zero-order valence-electron chi connectivity index (χ0n) is 15.4. The van der Waals surface area contributed by atoms with Crippen LogP contribution in [0.3, 0.4) is 0 Å². The Morgan fingerprint density at radius 2 is 1.96 bits per heavy atom. The molecule has 0 bridgehead atoms. The molecule has 2 atom stereocenters. The fourth-order valence-electron chi connectivity index (χ4n) is 3.44. The Hall–Kier alpha value is -2.41. The van der Waals surface area contributed by atoms with Crippen molar-refractivity contribution in [2.45, 2.75) is 49.3 Å². The van der Waals surface area contributed by atoms with Gasteiger partial charge in [0.2, 0.25) is 0 Å². The predicted octanol–water partition coefficient (Wildman–Crippen LogP) is 3.76. The highest BCUT2D eigenvalue weighted by molar-refractivity contribution is 7.92. The van der Waals surface area contributed by atoms with Gasteiger partial charge in [-0.15, -0.1) is 0 Å². The van der Waals surface area contributed by atoms with E-state index in [4.69, 9.17) is 0 Å². The van der Waals surface area contributed by atoms with E-state index in [2.05, 4.69) is 22.5 Å². The molecular formula is C20H25N3O3S. The van der Waals surface area contributed by atoms with Crippen LogP contribution in [-0.2, 0) is 16.4 Å². The molecule has 7 heteroatoms. The predicted molar refractivity (Wildman–Crippen MR) is 105 cm³/mol. The Kier molecular flexibility index (Phi) is 6.11. The average Bonchev–Trinajstić information content (AvgIpc) is 2.68. The van der Waals surface area contributed by atoms with Crippen molar-refractivity contribution in [3.8, 4) is 0 Å². The molecule has 27 heavy (non-hydrogen) atoms. The maximum Gasteiger partial charge on any atom is 0.319 e. The first-order valence-electron chi connectivity index (χ1n) is 9.23. The summed E-state index contributed by atoms with van der Waals surface area (Å²) >= 11 is 0. The van der Waals surface area contributed by atoms with E-state index in [0.29, 0.717) is 23.0 Å². The van der Waals surface area contributed by atoms with Crippen LogP contribution in [0.2, 0.25) is 0 Å². The summed E-state index contributed by atoms with van der Waals surface area (Å²) in [6.45, 7) is 2.48. The number of nitrogens with zero attached hydrogens (tertiary/aromatic N) is 1. The van der Waals surface area contributed by atoms with Crippen LogP contribution in [0.25, 0.3) is 0 Å². The third kappa shape index (κ3) is 5.07. The number of rotatable bonds is 5. The fraction of sp³-hybridized carbons (Fsp3) is 0.400. The molecule has 0 saturated heterocycles. The molecule has 1 aromatic heterocycles. The van der Waals surface area contributed by atoms with Crippen molar-refractivity contribution in [2.75, 3.05) is 5.32 Å². The minimum atomic E-state index is -3.32. The van der Waals surface area contributed by atoms with Crippen LogP contribution in [0, 0.1) is 5.92 Å². The van der Waals surface area contributed by atoms with Crippen molar-refractivity contribution < 1.29 is 13.2 Å². The number of hydrogen-bond donors (Lipinski definition) is 2. The topological polar surface area (TPSA) is 88.2 Å². The van der Waals surface area contributed by atoms with Crippen LogP contribution < -0.4 is 10.6 Å². The molecule has 0 radical (unpaired) electrons. The summed E-state index contributed by atoms with van der Waals surface area (Å²) < 4.78 is 25.6. The summed E-state index contributed by atoms with van der Waals surface area (Å²) in [5, 5.41) is 5.15. The lowest BCUT2D eigenvalue weighted by atomic mass is 9.91. The minimum Gasteiger partial charge on any atom is -0.334 e. The zero-order chi connectivity index (χ0) is 19.3. The van der Waals surface area contributed by atoms with Gasteiger partial charge >= 0.3 is 6.03 Å². The fourth-order valence-corrected chi connectivity index (χ4v) is 5.40. The Labute approximate surface area is 160 Å². The molecule has 1 aromatic carbocycles. The summed E-state index contributed by atoms with van der Waals surface area (Å²) in [6.07, 6.45) is 6.87. The van der Waals surface area contributed by atoms with Gasteiger partial charge in [-0.2, -0.15) is 0 Å². The van der Waals surface area contributed by atoms with Gasteiger partial charge in [-0.3, -0.25) is 4.98 Å². The highest BCUT2D eigenvalue weighted by atomic mass is 32.2. The van der Waals surface area contributed by atoms with Gasteiger partial charge in [0.05, 0.1) is 10.1 Å². The van der Waals surface area contributed by atoms with Crippen LogP contribution in [0.5, 0.6) is 0 Å². The monoisotopic (exact) mass is 387 g/mol. The van der Waals surface area contributed by atoms with Crippen molar-refractivity contribution in [3.63, 3.8) is 0 Å². The molecular weight excluding hydrogens is 362 g/mol. The molecule has 2 amide bonds. The second-order valence-corrected chi connectivity index (χ2v) is 9.36. The smallest absolute Gasteiger partial charge is 0.319 e. The van der Waals surface area contributed by atoms with Crippen molar-refractivity contribution in [3.05, 3.63) is 54.4 Å². The second-order valence-electron chi connectivity index (χ2n) is 7.13. The Morgan fingerprint density at radius 3 is 2.63 bits per heavy atom. The molecule has 1 unspecified atom stereocenters. The Morgan fingerprint density at radius 1 is 1.19 bits per heavy atom. The first kappa shape index (κ1) is 19.4. The van der Waals surface area contributed by atoms with Crippen LogP contribution in [-0.4, -0.2) is 24.7 Å². The maximum atomic E-state index is 12.8. The number of sulfone groups is 1. The lowest BCUT2D eigenvalue weighted by Gasteiger charge is -2.26. The first-order valence-corrected chi connectivity index (χ1v) is 10.8. The SMILES string of the molecule is C[C@H]1CCCC(S(=O)(=O)c2ccc(NC(=O)NCc3cccnc3)cc2)C1. The molecule has 2 N–H and O–H groups in total. The Bertz CT molecular complexity index is 867.